The highest BCUT2D eigenvalue weighted by Gasteiger charge is 2.23. The van der Waals surface area contributed by atoms with Crippen LogP contribution in [0.3, 0.4) is 0 Å². The molecule has 0 aromatic heterocycles. The van der Waals surface area contributed by atoms with E-state index >= 15 is 0 Å². The molecule has 1 rings (SSSR count). The van der Waals surface area contributed by atoms with E-state index in [9.17, 15) is 13.2 Å². The van der Waals surface area contributed by atoms with Crippen molar-refractivity contribution in [2.45, 2.75) is 24.8 Å². The van der Waals surface area contributed by atoms with Gasteiger partial charge in [-0.05, 0) is 31.5 Å². The lowest BCUT2D eigenvalue weighted by atomic mass is 10.2. The summed E-state index contributed by atoms with van der Waals surface area (Å²) in [5.41, 5.74) is 5.79. The number of benzene rings is 1. The molecule has 1 aromatic carbocycles. The Morgan fingerprint density at radius 1 is 1.44 bits per heavy atom. The van der Waals surface area contributed by atoms with Gasteiger partial charge in [-0.25, -0.2) is 8.42 Å². The molecule has 1 amide bonds. The molecule has 0 bridgehead atoms. The number of carbonyl (C=O) groups is 1. The molecule has 1 atom stereocenters. The molecule has 0 saturated heterocycles. The molecule has 0 aliphatic heterocycles. The first-order chi connectivity index (χ1) is 8.27. The fourth-order valence-electron chi connectivity index (χ4n) is 1.35. The lowest BCUT2D eigenvalue weighted by Crippen LogP contribution is -2.42. The Balaban J connectivity index is 3.19. The van der Waals surface area contributed by atoms with Crippen molar-refractivity contribution in [2.24, 2.45) is 5.73 Å². The Bertz CT molecular complexity index is 554. The van der Waals surface area contributed by atoms with E-state index in [2.05, 4.69) is 4.72 Å². The first kappa shape index (κ1) is 14.5. The van der Waals surface area contributed by atoms with Crippen molar-refractivity contribution in [3.63, 3.8) is 0 Å². The predicted octanol–water partition coefficient (Wildman–Crippen LogP) is 0.156. The third kappa shape index (κ3) is 3.21. The van der Waals surface area contributed by atoms with Crippen LogP contribution in [0.25, 0.3) is 0 Å². The summed E-state index contributed by atoms with van der Waals surface area (Å²) in [6.45, 7) is 3.14. The van der Waals surface area contributed by atoms with Gasteiger partial charge in [0, 0.05) is 0 Å². The van der Waals surface area contributed by atoms with E-state index in [1.165, 1.54) is 20.1 Å². The maximum Gasteiger partial charge on any atom is 0.244 e. The van der Waals surface area contributed by atoms with E-state index in [0.717, 1.165) is 5.56 Å². The molecule has 1 aromatic rings. The molecule has 0 heterocycles. The first-order valence-electron chi connectivity index (χ1n) is 5.24. The fourth-order valence-corrected chi connectivity index (χ4v) is 2.81. The van der Waals surface area contributed by atoms with Crippen molar-refractivity contribution in [3.05, 3.63) is 23.8 Å². The lowest BCUT2D eigenvalue weighted by molar-refractivity contribution is -0.119. The molecule has 0 aliphatic carbocycles. The molecule has 3 N–H and O–H groups in total. The molecule has 0 aliphatic rings. The minimum atomic E-state index is -3.85. The summed E-state index contributed by atoms with van der Waals surface area (Å²) in [6, 6.07) is 3.77. The van der Waals surface area contributed by atoms with E-state index in [4.69, 9.17) is 10.5 Å². The van der Waals surface area contributed by atoms with Crippen molar-refractivity contribution < 1.29 is 17.9 Å². The number of hydrogen-bond acceptors (Lipinski definition) is 4. The van der Waals surface area contributed by atoms with Crippen molar-refractivity contribution >= 4 is 15.9 Å². The van der Waals surface area contributed by atoms with Crippen LogP contribution in [0.2, 0.25) is 0 Å². The number of hydrogen-bond donors (Lipinski definition) is 2. The van der Waals surface area contributed by atoms with Crippen LogP contribution in [0.15, 0.2) is 23.1 Å². The average Bonchev–Trinajstić information content (AvgIpc) is 2.28. The largest absolute Gasteiger partial charge is 0.495 e. The van der Waals surface area contributed by atoms with Crippen LogP contribution in [0.4, 0.5) is 0 Å². The number of carbonyl (C=O) groups excluding carboxylic acids is 1. The van der Waals surface area contributed by atoms with Gasteiger partial charge in [-0.1, -0.05) is 6.07 Å². The van der Waals surface area contributed by atoms with Crippen LogP contribution < -0.4 is 15.2 Å². The van der Waals surface area contributed by atoms with Gasteiger partial charge in [-0.15, -0.1) is 0 Å². The zero-order chi connectivity index (χ0) is 13.9. The topological polar surface area (TPSA) is 98.5 Å². The summed E-state index contributed by atoms with van der Waals surface area (Å²) in [5, 5.41) is 0. The molecule has 18 heavy (non-hydrogen) atoms. The Morgan fingerprint density at radius 2 is 2.06 bits per heavy atom. The molecule has 100 valence electrons. The molecule has 0 fully saturated rings. The van der Waals surface area contributed by atoms with Crippen LogP contribution in [-0.2, 0) is 14.8 Å². The summed E-state index contributed by atoms with van der Waals surface area (Å²) in [5.74, 6) is -0.532. The Kier molecular flexibility index (Phi) is 4.31. The number of nitrogens with two attached hydrogens (primary N) is 1. The summed E-state index contributed by atoms with van der Waals surface area (Å²) in [7, 11) is -2.47. The monoisotopic (exact) mass is 272 g/mol. The van der Waals surface area contributed by atoms with E-state index in [1.54, 1.807) is 19.1 Å². The molecule has 7 heteroatoms. The molecule has 6 nitrogen and oxygen atoms in total. The molecule has 0 unspecified atom stereocenters. The number of ether oxygens (including phenoxy) is 1. The number of methoxy groups -OCH3 is 1. The van der Waals surface area contributed by atoms with Crippen LogP contribution in [0.5, 0.6) is 5.75 Å². The number of rotatable bonds is 5. The number of aryl methyl sites for hydroxylation is 1. The zero-order valence-electron chi connectivity index (χ0n) is 10.4. The third-order valence-corrected chi connectivity index (χ3v) is 3.93. The van der Waals surface area contributed by atoms with Crippen LogP contribution in [-0.4, -0.2) is 27.5 Å². The van der Waals surface area contributed by atoms with Gasteiger partial charge in [0.15, 0.2) is 0 Å². The van der Waals surface area contributed by atoms with E-state index < -0.39 is 22.0 Å². The zero-order valence-corrected chi connectivity index (χ0v) is 11.2. The van der Waals surface area contributed by atoms with Gasteiger partial charge in [-0.2, -0.15) is 4.72 Å². The van der Waals surface area contributed by atoms with Crippen molar-refractivity contribution in [3.8, 4) is 5.75 Å². The Morgan fingerprint density at radius 3 is 2.56 bits per heavy atom. The van der Waals surface area contributed by atoms with Crippen LogP contribution >= 0.6 is 0 Å². The number of sulfonamides is 1. The minimum absolute atomic E-state index is 0.0156. The normalized spacial score (nSPS) is 13.1. The lowest BCUT2D eigenvalue weighted by Gasteiger charge is -2.14. The minimum Gasteiger partial charge on any atom is -0.495 e. The van der Waals surface area contributed by atoms with Crippen molar-refractivity contribution in [1.29, 1.82) is 0 Å². The first-order valence-corrected chi connectivity index (χ1v) is 6.72. The van der Waals surface area contributed by atoms with Crippen molar-refractivity contribution in [2.75, 3.05) is 7.11 Å². The van der Waals surface area contributed by atoms with Gasteiger partial charge in [-0.3, -0.25) is 4.79 Å². The quantitative estimate of drug-likeness (QED) is 0.797. The van der Waals surface area contributed by atoms with Gasteiger partial charge >= 0.3 is 0 Å². The third-order valence-electron chi connectivity index (χ3n) is 2.37. The number of nitrogens with one attached hydrogen (secondary N) is 1. The Labute approximate surface area is 106 Å². The predicted molar refractivity (Wildman–Crippen MR) is 66.7 cm³/mol. The molecule has 0 spiro atoms. The molecule has 0 radical (unpaired) electrons. The summed E-state index contributed by atoms with van der Waals surface area (Å²) >= 11 is 0. The van der Waals surface area contributed by atoms with E-state index in [0.29, 0.717) is 0 Å². The van der Waals surface area contributed by atoms with Crippen LogP contribution in [0, 0.1) is 6.92 Å². The average molecular weight is 272 g/mol. The second-order valence-corrected chi connectivity index (χ2v) is 5.58. The molecular formula is C11H16N2O4S. The van der Waals surface area contributed by atoms with E-state index in [-0.39, 0.29) is 10.6 Å². The maximum absolute atomic E-state index is 12.1. The smallest absolute Gasteiger partial charge is 0.244 e. The molecule has 0 saturated carbocycles. The van der Waals surface area contributed by atoms with Crippen molar-refractivity contribution in [1.82, 2.24) is 4.72 Å². The second kappa shape index (κ2) is 5.36. The van der Waals surface area contributed by atoms with Gasteiger partial charge in [0.2, 0.25) is 15.9 Å². The highest BCUT2D eigenvalue weighted by atomic mass is 32.2. The Hall–Kier alpha value is -1.60. The second-order valence-electron chi connectivity index (χ2n) is 3.90. The highest BCUT2D eigenvalue weighted by Crippen LogP contribution is 2.24. The SMILES string of the molecule is COc1ccc(C)cc1S(=O)(=O)N[C@@H](C)C(N)=O. The standard InChI is InChI=1S/C11H16N2O4S/c1-7-4-5-9(17-3)10(6-7)18(15,16)13-8(2)11(12)14/h4-6,8,13H,1-3H3,(H2,12,14)/t8-/m0/s1. The molecular weight excluding hydrogens is 256 g/mol. The van der Waals surface area contributed by atoms with Gasteiger partial charge in [0.25, 0.3) is 0 Å². The van der Waals surface area contributed by atoms with Gasteiger partial charge in [0.05, 0.1) is 13.2 Å². The number of amides is 1. The van der Waals surface area contributed by atoms with E-state index in [1.807, 2.05) is 0 Å². The van der Waals surface area contributed by atoms with Gasteiger partial charge in [0.1, 0.15) is 10.6 Å². The highest BCUT2D eigenvalue weighted by molar-refractivity contribution is 7.89. The summed E-state index contributed by atoms with van der Waals surface area (Å²) in [4.78, 5) is 10.9. The fraction of sp³-hybridized carbons (Fsp3) is 0.364. The summed E-state index contributed by atoms with van der Waals surface area (Å²) < 4.78 is 31.3. The summed E-state index contributed by atoms with van der Waals surface area (Å²) in [6.07, 6.45) is 0. The van der Waals surface area contributed by atoms with Crippen LogP contribution in [0.1, 0.15) is 12.5 Å². The maximum atomic E-state index is 12.1. The number of primary amides is 1. The van der Waals surface area contributed by atoms with Gasteiger partial charge < -0.3 is 10.5 Å².